The van der Waals surface area contributed by atoms with Gasteiger partial charge in [-0.15, -0.1) is 0 Å². The molecule has 0 unspecified atom stereocenters. The molecule has 0 radical (unpaired) electrons. The van der Waals surface area contributed by atoms with E-state index in [9.17, 15) is 14.7 Å². The molecule has 0 aromatic rings. The first kappa shape index (κ1) is 21.0. The third kappa shape index (κ3) is 2.99. The monoisotopic (exact) mass is 429 g/mol. The fourth-order valence-electron chi connectivity index (χ4n) is 8.45. The minimum absolute atomic E-state index is 0.190. The Bertz CT molecular complexity index is 869. The Morgan fingerprint density at radius 3 is 2.71 bits per heavy atom. The first-order valence-electron chi connectivity index (χ1n) is 11.9. The molecule has 0 saturated heterocycles. The van der Waals surface area contributed by atoms with Crippen molar-refractivity contribution in [2.24, 2.45) is 45.3 Å². The van der Waals surface area contributed by atoms with Crippen LogP contribution in [0.25, 0.3) is 0 Å². The Balaban J connectivity index is 1.39. The van der Waals surface area contributed by atoms with Crippen molar-refractivity contribution in [2.45, 2.75) is 77.2 Å². The van der Waals surface area contributed by atoms with Gasteiger partial charge in [0.15, 0.2) is 0 Å². The predicted molar refractivity (Wildman–Crippen MR) is 116 cm³/mol. The van der Waals surface area contributed by atoms with Crippen LogP contribution in [0.1, 0.15) is 71.6 Å². The van der Waals surface area contributed by atoms with Crippen molar-refractivity contribution in [1.29, 1.82) is 0 Å². The molecule has 2 amide bonds. The number of hydrogen-bond donors (Lipinski definition) is 3. The molecular weight excluding hydrogens is 394 g/mol. The van der Waals surface area contributed by atoms with E-state index in [0.29, 0.717) is 24.4 Å². The van der Waals surface area contributed by atoms with Crippen LogP contribution in [0.5, 0.6) is 0 Å². The molecule has 5 rings (SSSR count). The molecule has 1 aliphatic heterocycles. The number of cyclic esters (lactones) is 1. The molecule has 1 heterocycles. The Hall–Kier alpha value is -1.89. The number of hydrazone groups is 1. The van der Waals surface area contributed by atoms with Gasteiger partial charge >= 0.3 is 12.0 Å². The molecule has 5 aliphatic rings. The number of nitrogens with zero attached hydrogens (tertiary/aromatic N) is 1. The van der Waals surface area contributed by atoms with Crippen LogP contribution in [-0.2, 0) is 9.53 Å². The summed E-state index contributed by atoms with van der Waals surface area (Å²) in [6, 6.07) is -0.612. The number of carbonyl (C=O) groups is 2. The normalized spacial score (nSPS) is 47.8. The van der Waals surface area contributed by atoms with Crippen LogP contribution in [0.3, 0.4) is 0 Å². The molecule has 0 spiro atoms. The van der Waals surface area contributed by atoms with Gasteiger partial charge in [0.1, 0.15) is 6.61 Å². The van der Waals surface area contributed by atoms with Crippen LogP contribution in [0.2, 0.25) is 0 Å². The largest absolute Gasteiger partial charge is 0.458 e. The van der Waals surface area contributed by atoms with E-state index in [2.05, 4.69) is 24.4 Å². The van der Waals surface area contributed by atoms with Crippen LogP contribution in [0.15, 0.2) is 16.8 Å². The highest BCUT2D eigenvalue weighted by molar-refractivity contribution is 5.87. The second-order valence-corrected chi connectivity index (χ2v) is 11.1. The molecule has 4 fully saturated rings. The van der Waals surface area contributed by atoms with E-state index in [1.54, 1.807) is 6.08 Å². The van der Waals surface area contributed by atoms with Gasteiger partial charge in [-0.1, -0.05) is 13.8 Å². The van der Waals surface area contributed by atoms with Crippen LogP contribution >= 0.6 is 0 Å². The number of amides is 2. The van der Waals surface area contributed by atoms with Gasteiger partial charge in [0.2, 0.25) is 0 Å². The van der Waals surface area contributed by atoms with Gasteiger partial charge in [-0.2, -0.15) is 5.10 Å². The third-order valence-corrected chi connectivity index (χ3v) is 10.1. The van der Waals surface area contributed by atoms with Gasteiger partial charge in [-0.25, -0.2) is 15.0 Å². The van der Waals surface area contributed by atoms with Crippen molar-refractivity contribution < 1.29 is 19.4 Å². The minimum Gasteiger partial charge on any atom is -0.458 e. The highest BCUT2D eigenvalue weighted by Gasteiger charge is 2.67. The summed E-state index contributed by atoms with van der Waals surface area (Å²) in [5.74, 6) is 1.34. The molecule has 0 aromatic carbocycles. The second kappa shape index (κ2) is 7.06. The number of hydrogen-bond acceptors (Lipinski definition) is 5. The number of carbonyl (C=O) groups excluding carboxylic acids is 2. The molecule has 7 nitrogen and oxygen atoms in total. The van der Waals surface area contributed by atoms with Crippen LogP contribution in [0.4, 0.5) is 4.79 Å². The molecule has 4 saturated carbocycles. The number of nitrogens with one attached hydrogen (secondary N) is 1. The summed E-state index contributed by atoms with van der Waals surface area (Å²) in [6.45, 7) is 5.09. The number of ether oxygens (including phenoxy) is 1. The Labute approximate surface area is 183 Å². The van der Waals surface area contributed by atoms with Gasteiger partial charge in [-0.05, 0) is 92.4 Å². The van der Waals surface area contributed by atoms with Crippen LogP contribution in [0, 0.1) is 34.5 Å². The summed E-state index contributed by atoms with van der Waals surface area (Å²) in [6.07, 6.45) is 10.5. The maximum atomic E-state index is 12.2. The van der Waals surface area contributed by atoms with E-state index in [-0.39, 0.29) is 22.7 Å². The standard InChI is InChI=1S/C24H35N3O4/c1-22-8-5-16(26-27-21(25)29)12-15(22)3-4-19-18(22)6-9-23(2)17(7-10-24(19,23)30)14-11-20(28)31-13-14/h11,15,17-19,30H,3-10,12-13H2,1-2H3,(H3,25,27,29)/t15-,17+,18-,19+,22-,23+,24+/m0/s1. The third-order valence-electron chi connectivity index (χ3n) is 10.1. The average Bonchev–Trinajstić information content (AvgIpc) is 3.26. The second-order valence-electron chi connectivity index (χ2n) is 11.1. The molecule has 7 heteroatoms. The molecule has 170 valence electrons. The quantitative estimate of drug-likeness (QED) is 0.462. The number of aliphatic hydroxyl groups is 1. The van der Waals surface area contributed by atoms with E-state index in [4.69, 9.17) is 10.5 Å². The van der Waals surface area contributed by atoms with Gasteiger partial charge in [0.25, 0.3) is 0 Å². The van der Waals surface area contributed by atoms with Crippen molar-refractivity contribution in [3.8, 4) is 0 Å². The summed E-state index contributed by atoms with van der Waals surface area (Å²) in [5.41, 5.74) is 9.03. The van der Waals surface area contributed by atoms with Crippen LogP contribution in [-0.4, -0.2) is 35.0 Å². The topological polar surface area (TPSA) is 114 Å². The number of rotatable bonds is 2. The highest BCUT2D eigenvalue weighted by atomic mass is 16.5. The van der Waals surface area contributed by atoms with Crippen molar-refractivity contribution in [1.82, 2.24) is 5.43 Å². The lowest BCUT2D eigenvalue weighted by Crippen LogP contribution is -2.62. The lowest BCUT2D eigenvalue weighted by molar-refractivity contribution is -0.200. The van der Waals surface area contributed by atoms with E-state index in [1.807, 2.05) is 0 Å². The summed E-state index contributed by atoms with van der Waals surface area (Å²) >= 11 is 0. The van der Waals surface area contributed by atoms with E-state index in [0.717, 1.165) is 69.1 Å². The Kier molecular flexibility index (Phi) is 4.78. The lowest BCUT2D eigenvalue weighted by atomic mass is 9.43. The molecular formula is C24H35N3O4. The molecule has 31 heavy (non-hydrogen) atoms. The van der Waals surface area contributed by atoms with Crippen molar-refractivity contribution in [3.05, 3.63) is 11.6 Å². The number of urea groups is 1. The van der Waals surface area contributed by atoms with Crippen LogP contribution < -0.4 is 11.2 Å². The van der Waals surface area contributed by atoms with Crippen molar-refractivity contribution in [3.63, 3.8) is 0 Å². The molecule has 4 N–H and O–H groups in total. The SMILES string of the molecule is C[C@]12CCC(=NNC(N)=O)C[C@@H]1CC[C@@H]1[C@@H]2CC[C@]2(C)[C@@H](C3=CC(=O)OC3)CC[C@@]12O. The first-order valence-corrected chi connectivity index (χ1v) is 11.9. The Morgan fingerprint density at radius 2 is 2.00 bits per heavy atom. The van der Waals surface area contributed by atoms with E-state index < -0.39 is 11.6 Å². The molecule has 4 aliphatic carbocycles. The summed E-state index contributed by atoms with van der Waals surface area (Å²) in [7, 11) is 0. The fraction of sp³-hybridized carbons (Fsp3) is 0.792. The highest BCUT2D eigenvalue weighted by Crippen LogP contribution is 2.69. The molecule has 0 aromatic heterocycles. The zero-order chi connectivity index (χ0) is 22.0. The number of primary amides is 1. The molecule has 0 bridgehead atoms. The first-order chi connectivity index (χ1) is 14.7. The average molecular weight is 430 g/mol. The number of fused-ring (bicyclic) bond motifs is 5. The number of esters is 1. The van der Waals surface area contributed by atoms with Gasteiger partial charge in [-0.3, -0.25) is 0 Å². The smallest absolute Gasteiger partial charge is 0.332 e. The summed E-state index contributed by atoms with van der Waals surface area (Å²) in [4.78, 5) is 22.7. The van der Waals surface area contributed by atoms with Crippen molar-refractivity contribution >= 4 is 17.7 Å². The lowest BCUT2D eigenvalue weighted by Gasteiger charge is -2.63. The number of nitrogens with two attached hydrogens (primary N) is 1. The van der Waals surface area contributed by atoms with Gasteiger partial charge in [0.05, 0.1) is 5.60 Å². The maximum absolute atomic E-state index is 12.2. The van der Waals surface area contributed by atoms with Gasteiger partial charge in [0, 0.05) is 17.2 Å². The zero-order valence-electron chi connectivity index (χ0n) is 18.7. The van der Waals surface area contributed by atoms with E-state index in [1.165, 1.54) is 0 Å². The van der Waals surface area contributed by atoms with Crippen molar-refractivity contribution in [2.75, 3.05) is 6.61 Å². The minimum atomic E-state index is -0.678. The fourth-order valence-corrected chi connectivity index (χ4v) is 8.45. The summed E-state index contributed by atoms with van der Waals surface area (Å²) in [5, 5.41) is 16.5. The predicted octanol–water partition coefficient (Wildman–Crippen LogP) is 3.27. The summed E-state index contributed by atoms with van der Waals surface area (Å²) < 4.78 is 5.22. The Morgan fingerprint density at radius 1 is 1.19 bits per heavy atom. The zero-order valence-corrected chi connectivity index (χ0v) is 18.7. The van der Waals surface area contributed by atoms with Gasteiger partial charge < -0.3 is 15.6 Å². The maximum Gasteiger partial charge on any atom is 0.332 e. The van der Waals surface area contributed by atoms with E-state index >= 15 is 0 Å². The molecule has 7 atom stereocenters.